The van der Waals surface area contributed by atoms with Gasteiger partial charge in [-0.1, -0.05) is 12.1 Å². The summed E-state index contributed by atoms with van der Waals surface area (Å²) < 4.78 is 25.6. The van der Waals surface area contributed by atoms with Crippen LogP contribution in [0.15, 0.2) is 73.1 Å². The van der Waals surface area contributed by atoms with E-state index in [4.69, 9.17) is 9.47 Å². The number of carbonyl (C=O) groups excluding carboxylic acids is 1. The first-order valence-electron chi connectivity index (χ1n) is 13.2. The number of rotatable bonds is 9. The van der Waals surface area contributed by atoms with Crippen LogP contribution in [0.4, 0.5) is 15.9 Å². The van der Waals surface area contributed by atoms with Crippen molar-refractivity contribution >= 4 is 17.4 Å². The average molecular weight is 543 g/mol. The van der Waals surface area contributed by atoms with Crippen molar-refractivity contribution in [3.63, 3.8) is 0 Å². The Morgan fingerprint density at radius 1 is 0.950 bits per heavy atom. The summed E-state index contributed by atoms with van der Waals surface area (Å²) in [5.74, 6) is 1.45. The number of nitrogens with zero attached hydrogens (tertiary/aromatic N) is 5. The second-order valence-corrected chi connectivity index (χ2v) is 9.38. The topological polar surface area (TPSA) is 92.7 Å². The molecule has 1 amide bonds. The zero-order valence-corrected chi connectivity index (χ0v) is 22.5. The van der Waals surface area contributed by atoms with E-state index in [1.54, 1.807) is 68.0 Å². The Bertz CT molecular complexity index is 1440. The van der Waals surface area contributed by atoms with Gasteiger partial charge in [-0.05, 0) is 61.0 Å². The number of hydrogen-bond donors (Lipinski definition) is 1. The minimum absolute atomic E-state index is 0.240. The SMILES string of the molecule is CCOc1cncc(-c2ccc(CN3CCN(c4ccc(C(=O)Nc5ccc(OC)cc5)nn4)CC3)cc2F)c1. The number of benzene rings is 2. The van der Waals surface area contributed by atoms with E-state index in [0.29, 0.717) is 41.5 Å². The van der Waals surface area contributed by atoms with Crippen LogP contribution in [-0.2, 0) is 6.54 Å². The van der Waals surface area contributed by atoms with Gasteiger partial charge in [-0.3, -0.25) is 14.7 Å². The highest BCUT2D eigenvalue weighted by molar-refractivity contribution is 6.02. The third kappa shape index (κ3) is 6.52. The standard InChI is InChI=1S/C30H31FN6O3/c1-3-40-25-17-22(18-32-19-25)26-9-4-21(16-27(26)31)20-36-12-14-37(15-13-36)29-11-10-28(34-35-29)30(38)33-23-5-7-24(39-2)8-6-23/h4-11,16-19H,3,12-15,20H2,1-2H3,(H,33,38). The maximum absolute atomic E-state index is 15.0. The fourth-order valence-corrected chi connectivity index (χ4v) is 4.58. The van der Waals surface area contributed by atoms with Crippen molar-refractivity contribution in [3.05, 3.63) is 90.1 Å². The smallest absolute Gasteiger partial charge is 0.276 e. The molecule has 2 aromatic heterocycles. The number of hydrogen-bond acceptors (Lipinski definition) is 8. The highest BCUT2D eigenvalue weighted by Gasteiger charge is 2.20. The van der Waals surface area contributed by atoms with Crippen LogP contribution < -0.4 is 19.7 Å². The van der Waals surface area contributed by atoms with Crippen LogP contribution in [-0.4, -0.2) is 65.9 Å². The third-order valence-corrected chi connectivity index (χ3v) is 6.70. The Labute approximate surface area is 232 Å². The Hall–Kier alpha value is -4.57. The summed E-state index contributed by atoms with van der Waals surface area (Å²) in [6, 6.07) is 17.7. The number of ether oxygens (including phenoxy) is 2. The molecule has 0 unspecified atom stereocenters. The molecule has 0 aliphatic carbocycles. The lowest BCUT2D eigenvalue weighted by molar-refractivity contribution is 0.102. The summed E-state index contributed by atoms with van der Waals surface area (Å²) in [6.45, 7) is 6.18. The maximum Gasteiger partial charge on any atom is 0.276 e. The molecule has 4 aromatic rings. The fourth-order valence-electron chi connectivity index (χ4n) is 4.58. The van der Waals surface area contributed by atoms with Crippen molar-refractivity contribution in [3.8, 4) is 22.6 Å². The molecule has 1 aliphatic heterocycles. The molecular formula is C30H31FN6O3. The fraction of sp³-hybridized carbons (Fsp3) is 0.267. The van der Waals surface area contributed by atoms with Crippen LogP contribution in [0.25, 0.3) is 11.1 Å². The number of anilines is 2. The minimum atomic E-state index is -0.328. The predicted molar refractivity (Wildman–Crippen MR) is 151 cm³/mol. The van der Waals surface area contributed by atoms with Crippen molar-refractivity contribution in [2.24, 2.45) is 0 Å². The number of amides is 1. The van der Waals surface area contributed by atoms with Crippen molar-refractivity contribution in [2.75, 3.05) is 50.1 Å². The van der Waals surface area contributed by atoms with Crippen molar-refractivity contribution < 1.29 is 18.7 Å². The van der Waals surface area contributed by atoms with Gasteiger partial charge in [0.25, 0.3) is 5.91 Å². The van der Waals surface area contributed by atoms with Gasteiger partial charge >= 0.3 is 0 Å². The molecule has 1 aliphatic rings. The van der Waals surface area contributed by atoms with Gasteiger partial charge in [0.1, 0.15) is 17.3 Å². The van der Waals surface area contributed by atoms with E-state index in [-0.39, 0.29) is 17.4 Å². The van der Waals surface area contributed by atoms with Gasteiger partial charge in [0.05, 0.1) is 19.9 Å². The first-order chi connectivity index (χ1) is 19.5. The van der Waals surface area contributed by atoms with Crippen LogP contribution in [0.5, 0.6) is 11.5 Å². The summed E-state index contributed by atoms with van der Waals surface area (Å²) in [6.07, 6.45) is 3.27. The summed E-state index contributed by atoms with van der Waals surface area (Å²) in [5, 5.41) is 11.2. The van der Waals surface area contributed by atoms with Crippen LogP contribution in [0.1, 0.15) is 23.0 Å². The lowest BCUT2D eigenvalue weighted by atomic mass is 10.0. The Morgan fingerprint density at radius 2 is 1.75 bits per heavy atom. The van der Waals surface area contributed by atoms with Crippen LogP contribution >= 0.6 is 0 Å². The van der Waals surface area contributed by atoms with Gasteiger partial charge in [-0.2, -0.15) is 0 Å². The minimum Gasteiger partial charge on any atom is -0.497 e. The molecule has 5 rings (SSSR count). The zero-order chi connectivity index (χ0) is 27.9. The molecule has 10 heteroatoms. The van der Waals surface area contributed by atoms with Gasteiger partial charge in [0, 0.05) is 55.7 Å². The van der Waals surface area contributed by atoms with Crippen molar-refractivity contribution in [1.29, 1.82) is 0 Å². The molecule has 0 spiro atoms. The molecule has 0 atom stereocenters. The lowest BCUT2D eigenvalue weighted by Crippen LogP contribution is -2.46. The highest BCUT2D eigenvalue weighted by atomic mass is 19.1. The first kappa shape index (κ1) is 27.0. The Morgan fingerprint density at radius 3 is 2.42 bits per heavy atom. The molecule has 0 saturated carbocycles. The van der Waals surface area contributed by atoms with Crippen LogP contribution in [0.3, 0.4) is 0 Å². The van der Waals surface area contributed by atoms with Crippen LogP contribution in [0, 0.1) is 5.82 Å². The quantitative estimate of drug-likeness (QED) is 0.327. The van der Waals surface area contributed by atoms with E-state index < -0.39 is 0 Å². The number of pyridine rings is 1. The van der Waals surface area contributed by atoms with E-state index in [9.17, 15) is 9.18 Å². The predicted octanol–water partition coefficient (Wildman–Crippen LogP) is 4.66. The first-order valence-corrected chi connectivity index (χ1v) is 13.2. The molecular weight excluding hydrogens is 511 g/mol. The van der Waals surface area contributed by atoms with Crippen molar-refractivity contribution in [2.45, 2.75) is 13.5 Å². The van der Waals surface area contributed by atoms with Crippen LogP contribution in [0.2, 0.25) is 0 Å². The van der Waals surface area contributed by atoms with Gasteiger partial charge in [0.2, 0.25) is 0 Å². The summed E-state index contributed by atoms with van der Waals surface area (Å²) in [4.78, 5) is 21.1. The van der Waals surface area contributed by atoms with E-state index in [1.165, 1.54) is 0 Å². The number of carbonyl (C=O) groups is 1. The number of nitrogens with one attached hydrogen (secondary N) is 1. The van der Waals surface area contributed by atoms with E-state index in [0.717, 1.165) is 37.6 Å². The van der Waals surface area contributed by atoms with E-state index in [1.807, 2.05) is 19.1 Å². The maximum atomic E-state index is 15.0. The summed E-state index contributed by atoms with van der Waals surface area (Å²) in [5.41, 5.74) is 2.99. The molecule has 9 nitrogen and oxygen atoms in total. The van der Waals surface area contributed by atoms with Gasteiger partial charge in [-0.25, -0.2) is 4.39 Å². The molecule has 0 radical (unpaired) electrons. The zero-order valence-electron chi connectivity index (χ0n) is 22.5. The monoisotopic (exact) mass is 542 g/mol. The third-order valence-electron chi connectivity index (χ3n) is 6.70. The number of halogens is 1. The van der Waals surface area contributed by atoms with Gasteiger partial charge in [0.15, 0.2) is 11.5 Å². The molecule has 0 bridgehead atoms. The second kappa shape index (κ2) is 12.5. The Kier molecular flexibility index (Phi) is 8.46. The number of aromatic nitrogens is 3. The van der Waals surface area contributed by atoms with Gasteiger partial charge < -0.3 is 19.7 Å². The summed E-state index contributed by atoms with van der Waals surface area (Å²) in [7, 11) is 1.59. The Balaban J connectivity index is 1.14. The van der Waals surface area contributed by atoms with E-state index in [2.05, 4.69) is 30.3 Å². The van der Waals surface area contributed by atoms with Gasteiger partial charge in [-0.15, -0.1) is 10.2 Å². The number of methoxy groups -OCH3 is 1. The molecule has 1 N–H and O–H groups in total. The average Bonchev–Trinajstić information content (AvgIpc) is 2.98. The number of piperazine rings is 1. The molecule has 206 valence electrons. The summed E-state index contributed by atoms with van der Waals surface area (Å²) >= 11 is 0. The lowest BCUT2D eigenvalue weighted by Gasteiger charge is -2.35. The molecule has 3 heterocycles. The largest absolute Gasteiger partial charge is 0.497 e. The molecule has 1 saturated heterocycles. The molecule has 2 aromatic carbocycles. The molecule has 40 heavy (non-hydrogen) atoms. The highest BCUT2D eigenvalue weighted by Crippen LogP contribution is 2.27. The van der Waals surface area contributed by atoms with E-state index >= 15 is 0 Å². The normalized spacial score (nSPS) is 13.6. The molecule has 1 fully saturated rings. The second-order valence-electron chi connectivity index (χ2n) is 9.38. The van der Waals surface area contributed by atoms with Crippen molar-refractivity contribution in [1.82, 2.24) is 20.1 Å².